The minimum Gasteiger partial charge on any atom is -0.484 e. The van der Waals surface area contributed by atoms with E-state index in [0.717, 1.165) is 16.7 Å². The van der Waals surface area contributed by atoms with E-state index < -0.39 is 54.3 Å². The molecule has 0 spiro atoms. The molecule has 5 rings (SSSR count). The van der Waals surface area contributed by atoms with Gasteiger partial charge in [-0.05, 0) is 71.4 Å². The summed E-state index contributed by atoms with van der Waals surface area (Å²) in [6.07, 6.45) is -9.66. The van der Waals surface area contributed by atoms with Gasteiger partial charge in [0.2, 0.25) is 0 Å². The number of amides is 2. The summed E-state index contributed by atoms with van der Waals surface area (Å²) in [7, 11) is 0. The van der Waals surface area contributed by atoms with Crippen LogP contribution in [0.1, 0.15) is 45.1 Å². The number of fused-ring (bicyclic) bond motifs is 1. The van der Waals surface area contributed by atoms with Crippen LogP contribution < -0.4 is 20.5 Å². The van der Waals surface area contributed by atoms with Gasteiger partial charge in [0.25, 0.3) is 11.8 Å². The first kappa shape index (κ1) is 35.8. The smallest absolute Gasteiger partial charge is 0.484 e. The monoisotopic (exact) mass is 778 g/mol. The van der Waals surface area contributed by atoms with Crippen molar-refractivity contribution in [1.82, 2.24) is 19.4 Å². The van der Waals surface area contributed by atoms with Crippen LogP contribution in [0.5, 0.6) is 11.5 Å². The predicted molar refractivity (Wildman–Crippen MR) is 164 cm³/mol. The molecular formula is C31H23BrClF7N4O5. The van der Waals surface area contributed by atoms with Crippen molar-refractivity contribution in [1.29, 1.82) is 0 Å². The van der Waals surface area contributed by atoms with E-state index in [-0.39, 0.29) is 58.6 Å². The van der Waals surface area contributed by atoms with E-state index in [1.165, 1.54) is 52.8 Å². The van der Waals surface area contributed by atoms with Gasteiger partial charge in [-0.25, -0.2) is 9.18 Å². The van der Waals surface area contributed by atoms with Crippen LogP contribution >= 0.6 is 27.5 Å². The first-order valence-electron chi connectivity index (χ1n) is 14.2. The molecule has 1 aliphatic rings. The third-order valence-electron chi connectivity index (χ3n) is 7.36. The summed E-state index contributed by atoms with van der Waals surface area (Å²) in [6, 6.07) is 10.6. The van der Waals surface area contributed by atoms with Gasteiger partial charge in [-0.2, -0.15) is 13.2 Å². The molecule has 4 aromatic rings. The number of imidazole rings is 1. The highest BCUT2D eigenvalue weighted by Gasteiger charge is 2.34. The summed E-state index contributed by atoms with van der Waals surface area (Å²) in [5.74, 6) is -3.50. The Kier molecular flexibility index (Phi) is 10.1. The Morgan fingerprint density at radius 3 is 2.27 bits per heavy atom. The summed E-state index contributed by atoms with van der Waals surface area (Å²) in [5.41, 5.74) is -0.823. The molecule has 1 N–H and O–H groups in total. The maximum Gasteiger partial charge on any atom is 0.573 e. The third kappa shape index (κ3) is 8.21. The Bertz CT molecular complexity index is 1960. The second kappa shape index (κ2) is 13.8. The van der Waals surface area contributed by atoms with Crippen LogP contribution in [0.4, 0.5) is 30.7 Å². The van der Waals surface area contributed by atoms with Crippen molar-refractivity contribution < 1.29 is 49.8 Å². The van der Waals surface area contributed by atoms with Gasteiger partial charge in [0.1, 0.15) is 23.0 Å². The van der Waals surface area contributed by atoms with Crippen molar-refractivity contribution in [3.63, 3.8) is 0 Å². The molecule has 0 bridgehead atoms. The standard InChI is InChI=1S/C31H23BrClF7N4O5/c1-16(21-8-7-20(13-24(21)34)49-31(38,39)40)41-27(45)26-25-14-42(28(46)17-2-9-22(32)23(33)12-17)10-11-43(25)29(47)44(26)18-3-5-19(6-4-18)48-15-30(35,36)37/h2-9,12-13,16H,10-11,14-15H2,1H3,(H,41,45)/t16-/m1/s1. The fourth-order valence-corrected chi connectivity index (χ4v) is 5.60. The number of carbonyl (C=O) groups excluding carboxylic acids is 2. The molecular weight excluding hydrogens is 757 g/mol. The highest BCUT2D eigenvalue weighted by atomic mass is 79.9. The molecule has 0 unspecified atom stereocenters. The van der Waals surface area contributed by atoms with Crippen molar-refractivity contribution >= 4 is 39.3 Å². The molecule has 0 aliphatic carbocycles. The van der Waals surface area contributed by atoms with Gasteiger partial charge >= 0.3 is 18.2 Å². The number of hydrogen-bond acceptors (Lipinski definition) is 5. The van der Waals surface area contributed by atoms with Crippen molar-refractivity contribution in [2.75, 3.05) is 13.2 Å². The van der Waals surface area contributed by atoms with E-state index in [1.54, 1.807) is 6.07 Å². The van der Waals surface area contributed by atoms with Gasteiger partial charge in [0, 0.05) is 34.8 Å². The number of hydrogen-bond donors (Lipinski definition) is 1. The minimum atomic E-state index is -5.06. The van der Waals surface area contributed by atoms with Gasteiger partial charge in [-0.15, -0.1) is 13.2 Å². The van der Waals surface area contributed by atoms with Gasteiger partial charge in [-0.1, -0.05) is 17.7 Å². The lowest BCUT2D eigenvalue weighted by Gasteiger charge is -2.28. The lowest BCUT2D eigenvalue weighted by Crippen LogP contribution is -2.41. The molecule has 2 heterocycles. The SMILES string of the molecule is C[C@@H](NC(=O)c1c2n(c(=O)n1-c1ccc(OCC(F)(F)F)cc1)CCN(C(=O)c1ccc(Br)c(Cl)c1)C2)c1ccc(OC(F)(F)F)cc1F. The van der Waals surface area contributed by atoms with Crippen molar-refractivity contribution in [2.45, 2.75) is 38.6 Å². The van der Waals surface area contributed by atoms with Gasteiger partial charge in [0.05, 0.1) is 29.0 Å². The van der Waals surface area contributed by atoms with Crippen molar-refractivity contribution in [3.8, 4) is 17.2 Å². The Balaban J connectivity index is 1.51. The van der Waals surface area contributed by atoms with Gasteiger partial charge in [0.15, 0.2) is 6.61 Å². The molecule has 1 atom stereocenters. The summed E-state index contributed by atoms with van der Waals surface area (Å²) in [5, 5.41) is 2.81. The number of benzene rings is 3. The van der Waals surface area contributed by atoms with Crippen LogP contribution in [0.15, 0.2) is 69.9 Å². The van der Waals surface area contributed by atoms with E-state index in [1.807, 2.05) is 0 Å². The topological polar surface area (TPSA) is 94.8 Å². The molecule has 18 heteroatoms. The number of halogens is 9. The van der Waals surface area contributed by atoms with Crippen LogP contribution in [-0.4, -0.2) is 51.5 Å². The summed E-state index contributed by atoms with van der Waals surface area (Å²) in [4.78, 5) is 42.5. The largest absolute Gasteiger partial charge is 0.573 e. The third-order valence-corrected chi connectivity index (χ3v) is 8.60. The summed E-state index contributed by atoms with van der Waals surface area (Å²) < 4.78 is 102. The fourth-order valence-electron chi connectivity index (χ4n) is 5.17. The maximum atomic E-state index is 14.9. The second-order valence-electron chi connectivity index (χ2n) is 10.7. The molecule has 0 saturated heterocycles. The normalized spacial score (nSPS) is 13.9. The van der Waals surface area contributed by atoms with Gasteiger partial charge < -0.3 is 19.7 Å². The Hall–Kier alpha value is -4.51. The molecule has 1 aliphatic heterocycles. The zero-order valence-corrected chi connectivity index (χ0v) is 27.3. The first-order valence-corrected chi connectivity index (χ1v) is 15.3. The number of nitrogens with one attached hydrogen (secondary N) is 1. The molecule has 3 aromatic carbocycles. The van der Waals surface area contributed by atoms with E-state index in [2.05, 4.69) is 26.0 Å². The summed E-state index contributed by atoms with van der Waals surface area (Å²) in [6.45, 7) is -0.439. The Morgan fingerprint density at radius 2 is 1.65 bits per heavy atom. The number of ether oxygens (including phenoxy) is 2. The number of aromatic nitrogens is 2. The van der Waals surface area contributed by atoms with Crippen molar-refractivity contribution in [2.24, 2.45) is 0 Å². The second-order valence-corrected chi connectivity index (χ2v) is 12.0. The van der Waals surface area contributed by atoms with E-state index in [4.69, 9.17) is 16.3 Å². The lowest BCUT2D eigenvalue weighted by molar-refractivity contribution is -0.274. The van der Waals surface area contributed by atoms with Crippen LogP contribution in [-0.2, 0) is 13.1 Å². The lowest BCUT2D eigenvalue weighted by atomic mass is 10.1. The van der Waals surface area contributed by atoms with E-state index in [9.17, 15) is 45.1 Å². The van der Waals surface area contributed by atoms with E-state index >= 15 is 0 Å². The highest BCUT2D eigenvalue weighted by Crippen LogP contribution is 2.29. The average Bonchev–Trinajstić information content (AvgIpc) is 3.31. The molecule has 9 nitrogen and oxygen atoms in total. The Labute approximate surface area is 285 Å². The minimum absolute atomic E-state index is 0.0466. The number of carbonyl (C=O) groups is 2. The van der Waals surface area contributed by atoms with Crippen LogP contribution in [0.25, 0.3) is 5.69 Å². The van der Waals surface area contributed by atoms with Crippen LogP contribution in [0, 0.1) is 5.82 Å². The zero-order chi connectivity index (χ0) is 35.8. The van der Waals surface area contributed by atoms with Crippen LogP contribution in [0.3, 0.4) is 0 Å². The molecule has 0 fully saturated rings. The van der Waals surface area contributed by atoms with Crippen molar-refractivity contribution in [3.05, 3.63) is 109 Å². The summed E-state index contributed by atoms with van der Waals surface area (Å²) >= 11 is 9.43. The number of rotatable bonds is 8. The highest BCUT2D eigenvalue weighted by molar-refractivity contribution is 9.10. The van der Waals surface area contributed by atoms with E-state index in [0.29, 0.717) is 10.5 Å². The first-order chi connectivity index (χ1) is 22.9. The number of nitrogens with zero attached hydrogens (tertiary/aromatic N) is 3. The number of alkyl halides is 6. The average molecular weight is 780 g/mol. The molecule has 260 valence electrons. The molecule has 1 aromatic heterocycles. The predicted octanol–water partition coefficient (Wildman–Crippen LogP) is 7.18. The fraction of sp³-hybridized carbons (Fsp3) is 0.258. The zero-order valence-electron chi connectivity index (χ0n) is 25.0. The molecule has 49 heavy (non-hydrogen) atoms. The molecule has 0 saturated carbocycles. The Morgan fingerprint density at radius 1 is 0.980 bits per heavy atom. The molecule has 2 amide bonds. The van der Waals surface area contributed by atoms with Crippen LogP contribution in [0.2, 0.25) is 5.02 Å². The molecule has 0 radical (unpaired) electrons. The van der Waals surface area contributed by atoms with Gasteiger partial charge in [-0.3, -0.25) is 18.7 Å². The quantitative estimate of drug-likeness (QED) is 0.192. The maximum absolute atomic E-state index is 14.9.